The van der Waals surface area contributed by atoms with Crippen molar-refractivity contribution in [1.29, 1.82) is 0 Å². The van der Waals surface area contributed by atoms with E-state index in [2.05, 4.69) is 10.2 Å². The molecule has 4 aromatic rings. The smallest absolute Gasteiger partial charge is 0.209 e. The Balaban J connectivity index is 1.83. The Labute approximate surface area is 165 Å². The van der Waals surface area contributed by atoms with Crippen LogP contribution in [0.4, 0.5) is 0 Å². The van der Waals surface area contributed by atoms with E-state index in [1.54, 1.807) is 51.7 Å². The summed E-state index contributed by atoms with van der Waals surface area (Å²) < 4.78 is 3.39. The summed E-state index contributed by atoms with van der Waals surface area (Å²) >= 11 is 7.63. The number of hydrogen-bond donors (Lipinski definition) is 0. The predicted octanol–water partition coefficient (Wildman–Crippen LogP) is 4.46. The summed E-state index contributed by atoms with van der Waals surface area (Å²) in [6, 6.07) is 18.6. The van der Waals surface area contributed by atoms with E-state index in [4.69, 9.17) is 11.6 Å². The molecule has 0 aliphatic rings. The molecule has 0 amide bonds. The summed E-state index contributed by atoms with van der Waals surface area (Å²) in [6.07, 6.45) is 5.35. The molecule has 0 aliphatic heterocycles. The van der Waals surface area contributed by atoms with E-state index in [-0.39, 0.29) is 5.43 Å². The number of aromatic nitrogens is 4. The first-order chi connectivity index (χ1) is 13.2. The van der Waals surface area contributed by atoms with Crippen LogP contribution in [0, 0.1) is 0 Å². The van der Waals surface area contributed by atoms with Gasteiger partial charge in [0.25, 0.3) is 0 Å². The van der Waals surface area contributed by atoms with Crippen LogP contribution in [0.2, 0.25) is 5.02 Å². The molecule has 2 heterocycles. The third-order valence-electron chi connectivity index (χ3n) is 4.08. The third-order valence-corrected chi connectivity index (χ3v) is 5.06. The zero-order valence-corrected chi connectivity index (χ0v) is 16.0. The van der Waals surface area contributed by atoms with E-state index in [0.29, 0.717) is 16.4 Å². The summed E-state index contributed by atoms with van der Waals surface area (Å²) in [7, 11) is 0. The molecular formula is C20H15ClN4OS. The molecule has 0 N–H and O–H groups in total. The van der Waals surface area contributed by atoms with Crippen LogP contribution in [0.1, 0.15) is 0 Å². The average molecular weight is 395 g/mol. The highest BCUT2D eigenvalue weighted by atomic mass is 35.5. The fraction of sp³-hybridized carbons (Fsp3) is 0.0500. The van der Waals surface area contributed by atoms with Crippen molar-refractivity contribution in [1.82, 2.24) is 19.6 Å². The standard InChI is InChI=1S/C20H15ClN4OS/c1-27-17-4-2-3-16(13-17)24-12-10-19(26)20(23-24)18-9-11-22-25(18)15-7-5-14(21)6-8-15/h2-13H,1H3. The zero-order valence-electron chi connectivity index (χ0n) is 14.4. The van der Waals surface area contributed by atoms with Crippen LogP contribution in [0.25, 0.3) is 22.8 Å². The van der Waals surface area contributed by atoms with Gasteiger partial charge in [-0.1, -0.05) is 17.7 Å². The van der Waals surface area contributed by atoms with Gasteiger partial charge < -0.3 is 0 Å². The van der Waals surface area contributed by atoms with E-state index in [1.807, 2.05) is 42.7 Å². The Kier molecular flexibility index (Phi) is 4.83. The number of thioether (sulfide) groups is 1. The lowest BCUT2D eigenvalue weighted by molar-refractivity contribution is 0.821. The predicted molar refractivity (Wildman–Crippen MR) is 109 cm³/mol. The van der Waals surface area contributed by atoms with Gasteiger partial charge in [-0.15, -0.1) is 11.8 Å². The SMILES string of the molecule is CSc1cccc(-n2ccc(=O)c(-c3ccnn3-c3ccc(Cl)cc3)n2)c1. The number of hydrogen-bond acceptors (Lipinski definition) is 4. The van der Waals surface area contributed by atoms with Crippen LogP contribution in [-0.4, -0.2) is 25.8 Å². The van der Waals surface area contributed by atoms with Gasteiger partial charge in [0.05, 0.1) is 23.3 Å². The van der Waals surface area contributed by atoms with Crippen molar-refractivity contribution < 1.29 is 0 Å². The monoisotopic (exact) mass is 394 g/mol. The minimum atomic E-state index is -0.164. The average Bonchev–Trinajstić information content (AvgIpc) is 3.18. The summed E-state index contributed by atoms with van der Waals surface area (Å²) in [6.45, 7) is 0. The van der Waals surface area contributed by atoms with Gasteiger partial charge >= 0.3 is 0 Å². The molecule has 4 rings (SSSR count). The van der Waals surface area contributed by atoms with E-state index in [0.717, 1.165) is 16.3 Å². The summed E-state index contributed by atoms with van der Waals surface area (Å²) in [5.74, 6) is 0. The van der Waals surface area contributed by atoms with Crippen molar-refractivity contribution in [3.63, 3.8) is 0 Å². The van der Waals surface area contributed by atoms with Gasteiger partial charge in [0.1, 0.15) is 0 Å². The highest BCUT2D eigenvalue weighted by molar-refractivity contribution is 7.98. The van der Waals surface area contributed by atoms with Crippen LogP contribution >= 0.6 is 23.4 Å². The van der Waals surface area contributed by atoms with Gasteiger partial charge in [-0.25, -0.2) is 9.36 Å². The van der Waals surface area contributed by atoms with Gasteiger partial charge in [-0.2, -0.15) is 10.2 Å². The van der Waals surface area contributed by atoms with Crippen molar-refractivity contribution in [2.75, 3.05) is 6.26 Å². The minimum Gasteiger partial charge on any atom is -0.287 e. The van der Waals surface area contributed by atoms with Crippen molar-refractivity contribution >= 4 is 23.4 Å². The maximum Gasteiger partial charge on any atom is 0.209 e. The van der Waals surface area contributed by atoms with Gasteiger partial charge in [-0.3, -0.25) is 4.79 Å². The van der Waals surface area contributed by atoms with E-state index >= 15 is 0 Å². The molecule has 2 aromatic heterocycles. The number of halogens is 1. The Morgan fingerprint density at radius 2 is 1.81 bits per heavy atom. The first kappa shape index (κ1) is 17.6. The first-order valence-corrected chi connectivity index (χ1v) is 9.81. The maximum atomic E-state index is 12.5. The highest BCUT2D eigenvalue weighted by Gasteiger charge is 2.13. The van der Waals surface area contributed by atoms with Gasteiger partial charge in [0.15, 0.2) is 5.69 Å². The first-order valence-electron chi connectivity index (χ1n) is 8.20. The normalized spacial score (nSPS) is 10.9. The number of rotatable bonds is 4. The Hall–Kier alpha value is -2.83. The molecule has 0 aliphatic carbocycles. The van der Waals surface area contributed by atoms with Gasteiger partial charge in [0.2, 0.25) is 5.43 Å². The van der Waals surface area contributed by atoms with Crippen molar-refractivity contribution in [2.45, 2.75) is 4.90 Å². The molecule has 0 saturated heterocycles. The Bertz CT molecular complexity index is 1150. The van der Waals surface area contributed by atoms with Crippen molar-refractivity contribution in [3.8, 4) is 22.8 Å². The molecule has 0 radical (unpaired) electrons. The molecule has 0 spiro atoms. The van der Waals surface area contributed by atoms with E-state index in [9.17, 15) is 4.79 Å². The molecule has 0 atom stereocenters. The molecule has 2 aromatic carbocycles. The fourth-order valence-electron chi connectivity index (χ4n) is 2.75. The molecule has 5 nitrogen and oxygen atoms in total. The largest absolute Gasteiger partial charge is 0.287 e. The van der Waals surface area contributed by atoms with Crippen LogP contribution in [0.5, 0.6) is 0 Å². The Morgan fingerprint density at radius 1 is 1.00 bits per heavy atom. The molecular weight excluding hydrogens is 380 g/mol. The van der Waals surface area contributed by atoms with Crippen molar-refractivity contribution in [3.05, 3.63) is 88.3 Å². The lowest BCUT2D eigenvalue weighted by atomic mass is 10.2. The third kappa shape index (κ3) is 3.54. The van der Waals surface area contributed by atoms with Gasteiger partial charge in [0, 0.05) is 22.2 Å². The number of nitrogens with zero attached hydrogens (tertiary/aromatic N) is 4. The molecule has 0 fully saturated rings. The summed E-state index contributed by atoms with van der Waals surface area (Å²) in [4.78, 5) is 13.6. The second-order valence-electron chi connectivity index (χ2n) is 5.78. The lowest BCUT2D eigenvalue weighted by Crippen LogP contribution is -2.14. The van der Waals surface area contributed by atoms with Crippen LogP contribution < -0.4 is 5.43 Å². The maximum absolute atomic E-state index is 12.5. The molecule has 0 bridgehead atoms. The highest BCUT2D eigenvalue weighted by Crippen LogP contribution is 2.21. The molecule has 7 heteroatoms. The van der Waals surface area contributed by atoms with Crippen LogP contribution in [0.3, 0.4) is 0 Å². The quantitative estimate of drug-likeness (QED) is 0.479. The van der Waals surface area contributed by atoms with Crippen LogP contribution in [0.15, 0.2) is 82.7 Å². The van der Waals surface area contributed by atoms with Crippen LogP contribution in [-0.2, 0) is 0 Å². The molecule has 0 unspecified atom stereocenters. The topological polar surface area (TPSA) is 52.7 Å². The molecule has 134 valence electrons. The Morgan fingerprint density at radius 3 is 2.59 bits per heavy atom. The summed E-state index contributed by atoms with van der Waals surface area (Å²) in [5.41, 5.74) is 2.49. The van der Waals surface area contributed by atoms with E-state index < -0.39 is 0 Å². The summed E-state index contributed by atoms with van der Waals surface area (Å²) in [5, 5.41) is 9.56. The van der Waals surface area contributed by atoms with E-state index in [1.165, 1.54) is 6.07 Å². The lowest BCUT2D eigenvalue weighted by Gasteiger charge is -2.10. The minimum absolute atomic E-state index is 0.164. The second kappa shape index (κ2) is 7.42. The molecule has 27 heavy (non-hydrogen) atoms. The second-order valence-corrected chi connectivity index (χ2v) is 7.10. The zero-order chi connectivity index (χ0) is 18.8. The molecule has 0 saturated carbocycles. The van der Waals surface area contributed by atoms with Gasteiger partial charge in [-0.05, 0) is 54.8 Å². The number of benzene rings is 2. The van der Waals surface area contributed by atoms with Crippen molar-refractivity contribution in [2.24, 2.45) is 0 Å². The fourth-order valence-corrected chi connectivity index (χ4v) is 3.33.